The summed E-state index contributed by atoms with van der Waals surface area (Å²) in [5.41, 5.74) is 10.9. The summed E-state index contributed by atoms with van der Waals surface area (Å²) in [6, 6.07) is 10.1. The first kappa shape index (κ1) is 19.7. The van der Waals surface area contributed by atoms with Crippen molar-refractivity contribution in [2.75, 3.05) is 13.7 Å². The molecule has 0 aliphatic heterocycles. The number of fused-ring (bicyclic) bond motifs is 1. The summed E-state index contributed by atoms with van der Waals surface area (Å²) >= 11 is 0. The van der Waals surface area contributed by atoms with Gasteiger partial charge in [-0.15, -0.1) is 0 Å². The molecule has 2 aliphatic carbocycles. The molecule has 5 nitrogen and oxygen atoms in total. The van der Waals surface area contributed by atoms with Crippen LogP contribution in [0.15, 0.2) is 70.5 Å². The maximum Gasteiger partial charge on any atom is 0.343 e. The molecule has 28 heavy (non-hydrogen) atoms. The van der Waals surface area contributed by atoms with Crippen LogP contribution in [-0.4, -0.2) is 25.6 Å². The second kappa shape index (κ2) is 8.74. The number of amides is 1. The van der Waals surface area contributed by atoms with Gasteiger partial charge in [0.25, 0.3) is 0 Å². The lowest BCUT2D eigenvalue weighted by molar-refractivity contribution is -0.144. The lowest BCUT2D eigenvalue weighted by atomic mass is 9.85. The molecule has 1 aromatic rings. The van der Waals surface area contributed by atoms with E-state index in [0.717, 1.165) is 35.1 Å². The van der Waals surface area contributed by atoms with Gasteiger partial charge in [0.2, 0.25) is 5.91 Å². The zero-order chi connectivity index (χ0) is 20.1. The smallest absolute Gasteiger partial charge is 0.343 e. The van der Waals surface area contributed by atoms with Crippen molar-refractivity contribution in [1.29, 1.82) is 0 Å². The van der Waals surface area contributed by atoms with Crippen molar-refractivity contribution < 1.29 is 19.1 Å². The van der Waals surface area contributed by atoms with E-state index in [4.69, 9.17) is 10.5 Å². The Bertz CT molecular complexity index is 890. The Labute approximate surface area is 165 Å². The van der Waals surface area contributed by atoms with Crippen molar-refractivity contribution in [1.82, 2.24) is 0 Å². The zero-order valence-corrected chi connectivity index (χ0v) is 16.2. The molecule has 1 atom stereocenters. The van der Waals surface area contributed by atoms with Crippen LogP contribution in [0.3, 0.4) is 0 Å². The van der Waals surface area contributed by atoms with Gasteiger partial charge in [-0.25, -0.2) is 4.79 Å². The molecule has 0 saturated carbocycles. The first-order valence-corrected chi connectivity index (χ1v) is 9.43. The lowest BCUT2D eigenvalue weighted by Crippen LogP contribution is -2.16. The van der Waals surface area contributed by atoms with Crippen molar-refractivity contribution in [2.45, 2.75) is 26.2 Å². The summed E-state index contributed by atoms with van der Waals surface area (Å²) in [4.78, 5) is 23.3. The van der Waals surface area contributed by atoms with Crippen LogP contribution in [0.4, 0.5) is 0 Å². The predicted octanol–water partition coefficient (Wildman–Crippen LogP) is 3.69. The first-order chi connectivity index (χ1) is 13.5. The molecule has 2 aliphatic rings. The number of hydrogen-bond donors (Lipinski definition) is 1. The summed E-state index contributed by atoms with van der Waals surface area (Å²) < 4.78 is 10.4. The van der Waals surface area contributed by atoms with E-state index < -0.39 is 5.97 Å². The highest BCUT2D eigenvalue weighted by Gasteiger charge is 2.37. The number of allylic oxidation sites excluding steroid dienone is 5. The number of esters is 1. The fourth-order valence-corrected chi connectivity index (χ4v) is 3.91. The summed E-state index contributed by atoms with van der Waals surface area (Å²) in [5, 5.41) is 0. The molecular weight excluding hydrogens is 354 g/mol. The molecule has 0 saturated heterocycles. The Hall–Kier alpha value is -3.08. The van der Waals surface area contributed by atoms with Crippen LogP contribution in [0.2, 0.25) is 0 Å². The minimum Gasteiger partial charge on any atom is -0.482 e. The molecular formula is C23H25NO4. The normalized spacial score (nSPS) is 19.8. The Balaban J connectivity index is 2.10. The SMILES string of the molecule is CCC1=C(CC(N)=O)C2=C(OCC(=O)OC)C=CCC2/C1=C\c1ccccc1. The van der Waals surface area contributed by atoms with Gasteiger partial charge in [0.1, 0.15) is 5.76 Å². The first-order valence-electron chi connectivity index (χ1n) is 9.43. The number of methoxy groups -OCH3 is 1. The maximum atomic E-state index is 11.8. The highest BCUT2D eigenvalue weighted by atomic mass is 16.6. The van der Waals surface area contributed by atoms with E-state index >= 15 is 0 Å². The molecule has 1 aromatic carbocycles. The van der Waals surface area contributed by atoms with Crippen molar-refractivity contribution in [3.8, 4) is 0 Å². The third-order valence-corrected chi connectivity index (χ3v) is 5.07. The summed E-state index contributed by atoms with van der Waals surface area (Å²) in [6.45, 7) is 1.91. The van der Waals surface area contributed by atoms with Crippen molar-refractivity contribution in [2.24, 2.45) is 11.7 Å². The minimum absolute atomic E-state index is 0.0853. The van der Waals surface area contributed by atoms with Crippen molar-refractivity contribution in [3.05, 3.63) is 76.1 Å². The Morgan fingerprint density at radius 1 is 1.21 bits per heavy atom. The zero-order valence-electron chi connectivity index (χ0n) is 16.2. The van der Waals surface area contributed by atoms with Crippen LogP contribution in [0.5, 0.6) is 0 Å². The van der Waals surface area contributed by atoms with Crippen molar-refractivity contribution in [3.63, 3.8) is 0 Å². The molecule has 0 heterocycles. The summed E-state index contributed by atoms with van der Waals surface area (Å²) in [7, 11) is 1.33. The number of primary amides is 1. The van der Waals surface area contributed by atoms with Gasteiger partial charge in [-0.05, 0) is 41.2 Å². The molecule has 146 valence electrons. The van der Waals surface area contributed by atoms with Gasteiger partial charge in [-0.3, -0.25) is 4.79 Å². The van der Waals surface area contributed by atoms with E-state index in [1.807, 2.05) is 30.4 Å². The molecule has 0 bridgehead atoms. The Morgan fingerprint density at radius 2 is 1.96 bits per heavy atom. The number of hydrogen-bond acceptors (Lipinski definition) is 4. The van der Waals surface area contributed by atoms with Gasteiger partial charge in [0, 0.05) is 11.5 Å². The molecule has 2 N–H and O–H groups in total. The monoisotopic (exact) mass is 379 g/mol. The topological polar surface area (TPSA) is 78.6 Å². The summed E-state index contributed by atoms with van der Waals surface area (Å²) in [6.07, 6.45) is 7.83. The molecule has 0 radical (unpaired) electrons. The van der Waals surface area contributed by atoms with Gasteiger partial charge in [-0.2, -0.15) is 0 Å². The van der Waals surface area contributed by atoms with Gasteiger partial charge in [-0.1, -0.05) is 49.4 Å². The largest absolute Gasteiger partial charge is 0.482 e. The van der Waals surface area contributed by atoms with Gasteiger partial charge in [0.15, 0.2) is 6.61 Å². The predicted molar refractivity (Wildman–Crippen MR) is 108 cm³/mol. The van der Waals surface area contributed by atoms with Crippen LogP contribution in [-0.2, 0) is 19.1 Å². The highest BCUT2D eigenvalue weighted by Crippen LogP contribution is 2.49. The fourth-order valence-electron chi connectivity index (χ4n) is 3.91. The van der Waals surface area contributed by atoms with E-state index in [1.54, 1.807) is 0 Å². The van der Waals surface area contributed by atoms with Crippen LogP contribution >= 0.6 is 0 Å². The average Bonchev–Trinajstić information content (AvgIpc) is 2.99. The second-order valence-electron chi connectivity index (χ2n) is 6.80. The quantitative estimate of drug-likeness (QED) is 0.733. The van der Waals surface area contributed by atoms with Gasteiger partial charge in [0.05, 0.1) is 13.5 Å². The third-order valence-electron chi connectivity index (χ3n) is 5.07. The van der Waals surface area contributed by atoms with E-state index in [9.17, 15) is 9.59 Å². The second-order valence-corrected chi connectivity index (χ2v) is 6.80. The van der Waals surface area contributed by atoms with Gasteiger partial charge < -0.3 is 15.2 Å². The highest BCUT2D eigenvalue weighted by molar-refractivity contribution is 5.81. The minimum atomic E-state index is -0.446. The Morgan fingerprint density at radius 3 is 2.61 bits per heavy atom. The van der Waals surface area contributed by atoms with E-state index in [1.165, 1.54) is 12.7 Å². The van der Waals surface area contributed by atoms with Crippen LogP contribution < -0.4 is 5.73 Å². The molecule has 3 rings (SSSR count). The van der Waals surface area contributed by atoms with Gasteiger partial charge >= 0.3 is 5.97 Å². The number of benzene rings is 1. The molecule has 1 unspecified atom stereocenters. The lowest BCUT2D eigenvalue weighted by Gasteiger charge is -2.22. The number of rotatable bonds is 7. The van der Waals surface area contributed by atoms with Crippen LogP contribution in [0.1, 0.15) is 31.7 Å². The van der Waals surface area contributed by atoms with E-state index in [2.05, 4.69) is 29.9 Å². The molecule has 0 aromatic heterocycles. The van der Waals surface area contributed by atoms with Crippen LogP contribution in [0, 0.1) is 5.92 Å². The number of nitrogens with two attached hydrogens (primary N) is 1. The third kappa shape index (κ3) is 4.09. The number of carbonyl (C=O) groups is 2. The molecule has 0 fully saturated rings. The number of carbonyl (C=O) groups excluding carboxylic acids is 2. The van der Waals surface area contributed by atoms with E-state index in [0.29, 0.717) is 5.76 Å². The fraction of sp³-hybridized carbons (Fsp3) is 0.304. The standard InChI is InChI=1S/C23H25NO4/c1-3-16-18(12-15-8-5-4-6-9-15)17-10-7-11-20(28-14-22(26)27-2)23(17)19(16)13-21(24)25/h4-9,11-12,17H,3,10,13-14H2,1-2H3,(H2,24,25)/b18-12-. The maximum absolute atomic E-state index is 11.8. The number of ether oxygens (including phenoxy) is 2. The van der Waals surface area contributed by atoms with Crippen molar-refractivity contribution >= 4 is 18.0 Å². The summed E-state index contributed by atoms with van der Waals surface area (Å²) in [5.74, 6) is -0.129. The van der Waals surface area contributed by atoms with E-state index in [-0.39, 0.29) is 24.9 Å². The Kier molecular flexibility index (Phi) is 6.14. The average molecular weight is 379 g/mol. The van der Waals surface area contributed by atoms with Crippen LogP contribution in [0.25, 0.3) is 6.08 Å². The molecule has 5 heteroatoms. The molecule has 0 spiro atoms. The molecule has 1 amide bonds.